The molecule has 1 aromatic carbocycles. The molecule has 2 heterocycles. The van der Waals surface area contributed by atoms with Gasteiger partial charge >= 0.3 is 6.03 Å². The van der Waals surface area contributed by atoms with E-state index in [0.717, 1.165) is 23.5 Å². The summed E-state index contributed by atoms with van der Waals surface area (Å²) in [6.45, 7) is 7.11. The first-order valence-electron chi connectivity index (χ1n) is 11.3. The van der Waals surface area contributed by atoms with Gasteiger partial charge in [0.1, 0.15) is 5.82 Å². The Labute approximate surface area is 190 Å². The lowest BCUT2D eigenvalue weighted by Crippen LogP contribution is -2.34. The van der Waals surface area contributed by atoms with E-state index in [4.69, 9.17) is 10.5 Å². The standard InChI is InChI=1S/C26H32N4O2/c1-4-21(17-27)23-12-13-24(28-25(23)32-3)30-15-14-29(26(30)31)18(2)22-7-5-6-20(16-22)11-10-19-8-9-19/h4-7,12-13,16-19H,1,8-11,14-15,27H2,2-3H3/b21-17+. The van der Waals surface area contributed by atoms with Crippen molar-refractivity contribution in [2.24, 2.45) is 11.7 Å². The molecule has 0 radical (unpaired) electrons. The molecule has 1 aliphatic carbocycles. The number of methoxy groups -OCH3 is 1. The summed E-state index contributed by atoms with van der Waals surface area (Å²) in [6.07, 6.45) is 8.27. The Hall–Kier alpha value is -3.28. The molecule has 1 atom stereocenters. The van der Waals surface area contributed by atoms with Gasteiger partial charge < -0.3 is 15.4 Å². The summed E-state index contributed by atoms with van der Waals surface area (Å²) >= 11 is 0. The summed E-state index contributed by atoms with van der Waals surface area (Å²) in [4.78, 5) is 21.5. The average molecular weight is 433 g/mol. The van der Waals surface area contributed by atoms with Crippen molar-refractivity contribution in [3.63, 3.8) is 0 Å². The molecule has 1 aromatic heterocycles. The van der Waals surface area contributed by atoms with Crippen LogP contribution in [0.2, 0.25) is 0 Å². The fourth-order valence-corrected chi connectivity index (χ4v) is 4.32. The lowest BCUT2D eigenvalue weighted by atomic mass is 10.0. The van der Waals surface area contributed by atoms with Gasteiger partial charge in [-0.05, 0) is 48.9 Å². The molecule has 1 unspecified atom stereocenters. The molecule has 32 heavy (non-hydrogen) atoms. The maximum Gasteiger partial charge on any atom is 0.326 e. The van der Waals surface area contributed by atoms with E-state index in [1.165, 1.54) is 36.6 Å². The molecular formula is C26H32N4O2. The summed E-state index contributed by atoms with van der Waals surface area (Å²) in [5.74, 6) is 1.91. The van der Waals surface area contributed by atoms with Crippen molar-refractivity contribution in [3.8, 4) is 5.88 Å². The molecule has 6 nitrogen and oxygen atoms in total. The molecule has 0 bridgehead atoms. The summed E-state index contributed by atoms with van der Waals surface area (Å²) in [6, 6.07) is 12.3. The fourth-order valence-electron chi connectivity index (χ4n) is 4.32. The molecule has 2 fully saturated rings. The third-order valence-electron chi connectivity index (χ3n) is 6.51. The number of benzene rings is 1. The van der Waals surface area contributed by atoms with E-state index in [1.807, 2.05) is 17.0 Å². The maximum absolute atomic E-state index is 13.3. The Morgan fingerprint density at radius 3 is 2.81 bits per heavy atom. The number of nitrogens with two attached hydrogens (primary N) is 1. The van der Waals surface area contributed by atoms with Gasteiger partial charge in [0.25, 0.3) is 0 Å². The predicted octanol–water partition coefficient (Wildman–Crippen LogP) is 4.92. The third-order valence-corrected chi connectivity index (χ3v) is 6.51. The molecule has 1 saturated carbocycles. The van der Waals surface area contributed by atoms with Gasteiger partial charge in [-0.15, -0.1) is 0 Å². The molecule has 1 saturated heterocycles. The smallest absolute Gasteiger partial charge is 0.326 e. The number of nitrogens with zero attached hydrogens (tertiary/aromatic N) is 3. The fraction of sp³-hybridized carbons (Fsp3) is 0.385. The first-order valence-corrected chi connectivity index (χ1v) is 11.3. The van der Waals surface area contributed by atoms with Gasteiger partial charge in [0.05, 0.1) is 13.2 Å². The van der Waals surface area contributed by atoms with E-state index >= 15 is 0 Å². The van der Waals surface area contributed by atoms with E-state index in [1.54, 1.807) is 18.1 Å². The number of hydrogen-bond donors (Lipinski definition) is 1. The monoisotopic (exact) mass is 432 g/mol. The van der Waals surface area contributed by atoms with Gasteiger partial charge in [0.2, 0.25) is 5.88 Å². The summed E-state index contributed by atoms with van der Waals surface area (Å²) in [5.41, 5.74) is 9.70. The highest BCUT2D eigenvalue weighted by Crippen LogP contribution is 2.34. The van der Waals surface area contributed by atoms with Crippen LogP contribution in [0.5, 0.6) is 5.88 Å². The van der Waals surface area contributed by atoms with Crippen LogP contribution in [-0.4, -0.2) is 36.1 Å². The normalized spacial score (nSPS) is 17.6. The number of aromatic nitrogens is 1. The maximum atomic E-state index is 13.3. The van der Waals surface area contributed by atoms with Crippen LogP contribution in [0.1, 0.15) is 48.9 Å². The van der Waals surface area contributed by atoms with Gasteiger partial charge in [-0.25, -0.2) is 4.79 Å². The topological polar surface area (TPSA) is 71.7 Å². The van der Waals surface area contributed by atoms with Crippen LogP contribution in [-0.2, 0) is 6.42 Å². The SMILES string of the molecule is C=C/C(=C\N)c1ccc(N2CCN(C(C)c3cccc(CCC4CC4)c3)C2=O)nc1OC. The minimum Gasteiger partial charge on any atom is -0.480 e. The zero-order valence-corrected chi connectivity index (χ0v) is 19.0. The van der Waals surface area contributed by atoms with E-state index in [-0.39, 0.29) is 12.1 Å². The van der Waals surface area contributed by atoms with E-state index in [9.17, 15) is 4.79 Å². The Morgan fingerprint density at radius 1 is 1.31 bits per heavy atom. The number of carbonyl (C=O) groups is 1. The Bertz CT molecular complexity index is 1030. The summed E-state index contributed by atoms with van der Waals surface area (Å²) in [7, 11) is 1.56. The predicted molar refractivity (Wildman–Crippen MR) is 129 cm³/mol. The van der Waals surface area contributed by atoms with Crippen molar-refractivity contribution in [2.75, 3.05) is 25.1 Å². The molecule has 2 N–H and O–H groups in total. The highest BCUT2D eigenvalue weighted by molar-refractivity contribution is 5.94. The number of allylic oxidation sites excluding steroid dienone is 2. The lowest BCUT2D eigenvalue weighted by Gasteiger charge is -2.25. The van der Waals surface area contributed by atoms with Crippen LogP contribution in [0.25, 0.3) is 5.57 Å². The largest absolute Gasteiger partial charge is 0.480 e. The van der Waals surface area contributed by atoms with Crippen molar-refractivity contribution < 1.29 is 9.53 Å². The number of urea groups is 1. The number of rotatable bonds is 9. The second-order valence-electron chi connectivity index (χ2n) is 8.58. The van der Waals surface area contributed by atoms with Gasteiger partial charge in [-0.3, -0.25) is 4.90 Å². The second kappa shape index (κ2) is 9.47. The van der Waals surface area contributed by atoms with E-state index in [0.29, 0.717) is 24.8 Å². The molecule has 0 spiro atoms. The molecular weight excluding hydrogens is 400 g/mol. The number of ether oxygens (including phenoxy) is 1. The van der Waals surface area contributed by atoms with E-state index < -0.39 is 0 Å². The number of hydrogen-bond acceptors (Lipinski definition) is 4. The van der Waals surface area contributed by atoms with Crippen LogP contribution < -0.4 is 15.4 Å². The Balaban J connectivity index is 1.50. The average Bonchev–Trinajstić information content (AvgIpc) is 3.58. The molecule has 2 aromatic rings. The molecule has 1 aliphatic heterocycles. The van der Waals surface area contributed by atoms with Crippen LogP contribution in [0.4, 0.5) is 10.6 Å². The minimum atomic E-state index is -0.0403. The number of pyridine rings is 1. The van der Waals surface area contributed by atoms with Crippen LogP contribution in [0.3, 0.4) is 0 Å². The Morgan fingerprint density at radius 2 is 2.12 bits per heavy atom. The zero-order chi connectivity index (χ0) is 22.7. The highest BCUT2D eigenvalue weighted by atomic mass is 16.5. The number of aryl methyl sites for hydroxylation is 1. The van der Waals surface area contributed by atoms with Gasteiger partial charge in [-0.1, -0.05) is 49.8 Å². The van der Waals surface area contributed by atoms with Gasteiger partial charge in [-0.2, -0.15) is 4.98 Å². The van der Waals surface area contributed by atoms with Crippen molar-refractivity contribution in [2.45, 2.75) is 38.6 Å². The Kier molecular flexibility index (Phi) is 6.49. The number of amides is 2. The van der Waals surface area contributed by atoms with Crippen LogP contribution in [0, 0.1) is 5.92 Å². The lowest BCUT2D eigenvalue weighted by molar-refractivity contribution is 0.205. The molecule has 6 heteroatoms. The highest BCUT2D eigenvalue weighted by Gasteiger charge is 2.34. The minimum absolute atomic E-state index is 0.00193. The first-order chi connectivity index (χ1) is 15.5. The van der Waals surface area contributed by atoms with Crippen molar-refractivity contribution in [3.05, 3.63) is 71.9 Å². The van der Waals surface area contributed by atoms with Gasteiger partial charge in [0, 0.05) is 30.4 Å². The molecule has 2 aliphatic rings. The second-order valence-corrected chi connectivity index (χ2v) is 8.58. The summed E-state index contributed by atoms with van der Waals surface area (Å²) in [5, 5.41) is 0. The number of carbonyl (C=O) groups excluding carboxylic acids is 1. The van der Waals surface area contributed by atoms with E-state index in [2.05, 4.69) is 42.8 Å². The third kappa shape index (κ3) is 4.49. The number of anilines is 1. The zero-order valence-electron chi connectivity index (χ0n) is 19.0. The molecule has 2 amide bonds. The molecule has 168 valence electrons. The molecule has 4 rings (SSSR count). The van der Waals surface area contributed by atoms with Crippen molar-refractivity contribution in [1.29, 1.82) is 0 Å². The van der Waals surface area contributed by atoms with Crippen LogP contribution in [0.15, 0.2) is 55.3 Å². The van der Waals surface area contributed by atoms with Crippen molar-refractivity contribution in [1.82, 2.24) is 9.88 Å². The van der Waals surface area contributed by atoms with Crippen LogP contribution >= 0.6 is 0 Å². The van der Waals surface area contributed by atoms with Crippen molar-refractivity contribution >= 4 is 17.4 Å². The summed E-state index contributed by atoms with van der Waals surface area (Å²) < 4.78 is 5.46. The first kappa shape index (κ1) is 21.9. The quantitative estimate of drug-likeness (QED) is 0.571. The van der Waals surface area contributed by atoms with Gasteiger partial charge in [0.15, 0.2) is 0 Å².